The number of carbonyl (C=O) groups is 2. The molecule has 1 aliphatic heterocycles. The Kier molecular flexibility index (Phi) is 5.79. The lowest BCUT2D eigenvalue weighted by Crippen LogP contribution is -2.54. The lowest BCUT2D eigenvalue weighted by molar-refractivity contribution is -0.122. The summed E-state index contributed by atoms with van der Waals surface area (Å²) in [5.41, 5.74) is 0.161. The number of anilines is 1. The number of nitrogens with zero attached hydrogens (tertiary/aromatic N) is 1. The number of methoxy groups -OCH3 is 3. The fraction of sp³-hybridized carbons (Fsp3) is 0.150. The summed E-state index contributed by atoms with van der Waals surface area (Å²) in [6.07, 6.45) is 1.35. The molecule has 29 heavy (non-hydrogen) atoms. The van der Waals surface area contributed by atoms with E-state index in [0.29, 0.717) is 22.8 Å². The zero-order chi connectivity index (χ0) is 21.1. The maximum atomic E-state index is 14.2. The van der Waals surface area contributed by atoms with Crippen LogP contribution >= 0.6 is 12.2 Å². The van der Waals surface area contributed by atoms with Crippen molar-refractivity contribution in [1.29, 1.82) is 0 Å². The molecular weight excluding hydrogens is 399 g/mol. The van der Waals surface area contributed by atoms with Gasteiger partial charge in [0, 0.05) is 0 Å². The number of nitrogens with one attached hydrogen (secondary N) is 1. The molecule has 1 heterocycles. The summed E-state index contributed by atoms with van der Waals surface area (Å²) in [4.78, 5) is 26.3. The van der Waals surface area contributed by atoms with E-state index < -0.39 is 17.6 Å². The third-order valence-corrected chi connectivity index (χ3v) is 4.48. The van der Waals surface area contributed by atoms with Crippen LogP contribution in [0.3, 0.4) is 0 Å². The average Bonchev–Trinajstić information content (AvgIpc) is 2.71. The Morgan fingerprint density at radius 2 is 1.66 bits per heavy atom. The summed E-state index contributed by atoms with van der Waals surface area (Å²) >= 11 is 5.08. The van der Waals surface area contributed by atoms with Gasteiger partial charge < -0.3 is 14.2 Å². The van der Waals surface area contributed by atoms with Gasteiger partial charge in [-0.1, -0.05) is 12.1 Å². The van der Waals surface area contributed by atoms with Crippen molar-refractivity contribution in [2.45, 2.75) is 0 Å². The number of hydrogen-bond donors (Lipinski definition) is 1. The van der Waals surface area contributed by atoms with Crippen molar-refractivity contribution in [3.8, 4) is 17.2 Å². The summed E-state index contributed by atoms with van der Waals surface area (Å²) in [5, 5.41) is 2.21. The van der Waals surface area contributed by atoms with E-state index in [1.54, 1.807) is 18.2 Å². The molecule has 2 aromatic rings. The van der Waals surface area contributed by atoms with E-state index in [-0.39, 0.29) is 16.4 Å². The van der Waals surface area contributed by atoms with Gasteiger partial charge in [-0.3, -0.25) is 14.9 Å². The van der Waals surface area contributed by atoms with Crippen LogP contribution in [0.5, 0.6) is 17.2 Å². The topological polar surface area (TPSA) is 77.1 Å². The molecule has 3 rings (SSSR count). The van der Waals surface area contributed by atoms with Crippen LogP contribution in [0.4, 0.5) is 10.1 Å². The fourth-order valence-corrected chi connectivity index (χ4v) is 3.13. The molecule has 150 valence electrons. The van der Waals surface area contributed by atoms with Crippen LogP contribution in [-0.2, 0) is 9.59 Å². The molecule has 0 aliphatic carbocycles. The number of thiocarbonyl (C=S) groups is 1. The van der Waals surface area contributed by atoms with Crippen LogP contribution < -0.4 is 24.4 Å². The lowest BCUT2D eigenvalue weighted by atomic mass is 10.1. The minimum atomic E-state index is -0.752. The van der Waals surface area contributed by atoms with E-state index in [1.807, 2.05) is 0 Å². The molecule has 2 amide bonds. The molecule has 9 heteroatoms. The van der Waals surface area contributed by atoms with Crippen LogP contribution in [0.15, 0.2) is 42.0 Å². The Morgan fingerprint density at radius 1 is 1.03 bits per heavy atom. The fourth-order valence-electron chi connectivity index (χ4n) is 2.86. The summed E-state index contributed by atoms with van der Waals surface area (Å²) in [7, 11) is 4.36. The number of rotatable bonds is 5. The Labute approximate surface area is 171 Å². The molecule has 0 radical (unpaired) electrons. The predicted molar refractivity (Wildman–Crippen MR) is 109 cm³/mol. The van der Waals surface area contributed by atoms with Gasteiger partial charge in [0.1, 0.15) is 11.4 Å². The number of halogens is 1. The smallest absolute Gasteiger partial charge is 0.270 e. The van der Waals surface area contributed by atoms with Crippen LogP contribution in [0, 0.1) is 5.82 Å². The third-order valence-electron chi connectivity index (χ3n) is 4.19. The van der Waals surface area contributed by atoms with Crippen LogP contribution in [0.2, 0.25) is 0 Å². The predicted octanol–water partition coefficient (Wildman–Crippen LogP) is 2.68. The summed E-state index contributed by atoms with van der Waals surface area (Å²) in [6, 6.07) is 8.80. The maximum Gasteiger partial charge on any atom is 0.270 e. The van der Waals surface area contributed by atoms with E-state index in [4.69, 9.17) is 26.4 Å². The molecular formula is C20H17FN2O5S. The molecule has 2 aromatic carbocycles. The summed E-state index contributed by atoms with van der Waals surface area (Å²) in [5.74, 6) is -1.02. The van der Waals surface area contributed by atoms with Crippen molar-refractivity contribution in [1.82, 2.24) is 5.32 Å². The average molecular weight is 416 g/mol. The Hall–Kier alpha value is -3.46. The van der Waals surface area contributed by atoms with Gasteiger partial charge in [-0.2, -0.15) is 0 Å². The number of hydrogen-bond acceptors (Lipinski definition) is 6. The number of ether oxygens (including phenoxy) is 3. The second-order valence-corrected chi connectivity index (χ2v) is 6.25. The lowest BCUT2D eigenvalue weighted by Gasteiger charge is -2.29. The van der Waals surface area contributed by atoms with Crippen molar-refractivity contribution < 1.29 is 28.2 Å². The van der Waals surface area contributed by atoms with E-state index >= 15 is 0 Å². The van der Waals surface area contributed by atoms with Crippen molar-refractivity contribution in [3.05, 3.63) is 53.4 Å². The maximum absolute atomic E-state index is 14.2. The molecule has 1 aliphatic rings. The number of amides is 2. The van der Waals surface area contributed by atoms with E-state index in [2.05, 4.69) is 5.32 Å². The highest BCUT2D eigenvalue weighted by Gasteiger charge is 2.35. The first-order chi connectivity index (χ1) is 13.9. The molecule has 1 fully saturated rings. The Bertz CT molecular complexity index is 1010. The van der Waals surface area contributed by atoms with Crippen molar-refractivity contribution >= 4 is 40.9 Å². The SMILES string of the molecule is COc1cc(/C=C2\C(=O)NC(=S)N(c3ccccc3F)C2=O)cc(OC)c1OC. The first kappa shape index (κ1) is 20.3. The summed E-state index contributed by atoms with van der Waals surface area (Å²) < 4.78 is 30.1. The van der Waals surface area contributed by atoms with Gasteiger partial charge in [-0.05, 0) is 48.1 Å². The molecule has 0 spiro atoms. The Balaban J connectivity index is 2.09. The molecule has 0 aromatic heterocycles. The second kappa shape index (κ2) is 8.27. The van der Waals surface area contributed by atoms with Gasteiger partial charge in [0.15, 0.2) is 16.6 Å². The highest BCUT2D eigenvalue weighted by Crippen LogP contribution is 2.39. The van der Waals surface area contributed by atoms with Crippen LogP contribution in [0.25, 0.3) is 6.08 Å². The highest BCUT2D eigenvalue weighted by atomic mass is 32.1. The van der Waals surface area contributed by atoms with E-state index in [1.165, 1.54) is 45.6 Å². The van der Waals surface area contributed by atoms with Crippen molar-refractivity contribution in [2.75, 3.05) is 26.2 Å². The van der Waals surface area contributed by atoms with E-state index in [9.17, 15) is 14.0 Å². The largest absolute Gasteiger partial charge is 0.493 e. The van der Waals surface area contributed by atoms with E-state index in [0.717, 1.165) is 4.90 Å². The minimum absolute atomic E-state index is 0.0571. The van der Waals surface area contributed by atoms with Crippen molar-refractivity contribution in [2.24, 2.45) is 0 Å². The quantitative estimate of drug-likeness (QED) is 0.459. The second-order valence-electron chi connectivity index (χ2n) is 5.87. The van der Waals surface area contributed by atoms with Gasteiger partial charge >= 0.3 is 0 Å². The number of benzene rings is 2. The number of para-hydroxylation sites is 1. The van der Waals surface area contributed by atoms with Gasteiger partial charge in [0.2, 0.25) is 5.75 Å². The molecule has 1 saturated heterocycles. The van der Waals surface area contributed by atoms with Crippen molar-refractivity contribution in [3.63, 3.8) is 0 Å². The van der Waals surface area contributed by atoms with Crippen LogP contribution in [-0.4, -0.2) is 38.3 Å². The minimum Gasteiger partial charge on any atom is -0.493 e. The van der Waals surface area contributed by atoms with Gasteiger partial charge in [0.05, 0.1) is 27.0 Å². The molecule has 0 atom stereocenters. The molecule has 7 nitrogen and oxygen atoms in total. The first-order valence-electron chi connectivity index (χ1n) is 8.37. The molecule has 0 bridgehead atoms. The van der Waals surface area contributed by atoms with Gasteiger partial charge in [0.25, 0.3) is 11.8 Å². The highest BCUT2D eigenvalue weighted by molar-refractivity contribution is 7.80. The molecule has 0 unspecified atom stereocenters. The summed E-state index contributed by atoms with van der Waals surface area (Å²) in [6.45, 7) is 0. The standard InChI is InChI=1S/C20H17FN2O5S/c1-26-15-9-11(10-16(27-2)17(15)28-3)8-12-18(24)22-20(29)23(19(12)25)14-7-5-4-6-13(14)21/h4-10H,1-3H3,(H,22,24,29)/b12-8+. The Morgan fingerprint density at radius 3 is 2.21 bits per heavy atom. The first-order valence-corrected chi connectivity index (χ1v) is 8.78. The zero-order valence-corrected chi connectivity index (χ0v) is 16.6. The van der Waals surface area contributed by atoms with Gasteiger partial charge in [-0.25, -0.2) is 9.29 Å². The zero-order valence-electron chi connectivity index (χ0n) is 15.8. The molecule has 1 N–H and O–H groups in total. The number of carbonyl (C=O) groups excluding carboxylic acids is 2. The monoisotopic (exact) mass is 416 g/mol. The van der Waals surface area contributed by atoms with Crippen LogP contribution in [0.1, 0.15) is 5.56 Å². The molecule has 0 saturated carbocycles. The van der Waals surface area contributed by atoms with Gasteiger partial charge in [-0.15, -0.1) is 0 Å². The third kappa shape index (κ3) is 3.77. The normalized spacial score (nSPS) is 15.4.